The van der Waals surface area contributed by atoms with E-state index >= 15 is 0 Å². The Balaban J connectivity index is 1.88. The van der Waals surface area contributed by atoms with Crippen LogP contribution in [-0.2, 0) is 11.2 Å². The number of nitrogens with two attached hydrogens (primary N) is 1. The van der Waals surface area contributed by atoms with Crippen molar-refractivity contribution in [3.8, 4) is 0 Å². The van der Waals surface area contributed by atoms with Crippen LogP contribution in [0.2, 0.25) is 0 Å². The lowest BCUT2D eigenvalue weighted by atomic mass is 10.1. The predicted octanol–water partition coefficient (Wildman–Crippen LogP) is 3.88. The average Bonchev–Trinajstić information content (AvgIpc) is 2.63. The maximum absolute atomic E-state index is 6.19. The van der Waals surface area contributed by atoms with Crippen molar-refractivity contribution in [1.29, 1.82) is 0 Å². The van der Waals surface area contributed by atoms with E-state index in [1.54, 1.807) is 6.20 Å². The Morgan fingerprint density at radius 1 is 1.08 bits per heavy atom. The Kier molecular flexibility index (Phi) is 5.29. The Labute approximate surface area is 142 Å². The molecular weight excluding hydrogens is 298 g/mol. The van der Waals surface area contributed by atoms with E-state index in [2.05, 4.69) is 34.6 Å². The zero-order valence-electron chi connectivity index (χ0n) is 13.9. The van der Waals surface area contributed by atoms with Crippen LogP contribution in [0.3, 0.4) is 0 Å². The molecule has 2 aromatic carbocycles. The zero-order chi connectivity index (χ0) is 16.8. The van der Waals surface area contributed by atoms with Crippen molar-refractivity contribution in [2.45, 2.75) is 19.4 Å². The van der Waals surface area contributed by atoms with Crippen LogP contribution in [0.4, 0.5) is 11.4 Å². The molecule has 0 saturated carbocycles. The second-order valence-electron chi connectivity index (χ2n) is 5.80. The van der Waals surface area contributed by atoms with Crippen LogP contribution in [0.25, 0.3) is 10.9 Å². The summed E-state index contributed by atoms with van der Waals surface area (Å²) in [6.45, 7) is 3.33. The van der Waals surface area contributed by atoms with Gasteiger partial charge in [0.15, 0.2) is 0 Å². The number of aromatic nitrogens is 1. The minimum atomic E-state index is 0.139. The monoisotopic (exact) mass is 321 g/mol. The van der Waals surface area contributed by atoms with Gasteiger partial charge in [0.1, 0.15) is 0 Å². The van der Waals surface area contributed by atoms with Crippen LogP contribution >= 0.6 is 0 Å². The standard InChI is InChI=1S/C20H23N3O/c1-2-24-14-16(12-15-8-4-3-5-9-15)23-20-17-10-6-7-11-19(17)22-13-18(20)21/h3-11,13,16H,2,12,14,21H2,1H3,(H,22,23). The van der Waals surface area contributed by atoms with Gasteiger partial charge in [0.25, 0.3) is 0 Å². The highest BCUT2D eigenvalue weighted by Gasteiger charge is 2.14. The molecule has 1 atom stereocenters. The molecule has 0 saturated heterocycles. The summed E-state index contributed by atoms with van der Waals surface area (Å²) in [5.74, 6) is 0. The van der Waals surface area contributed by atoms with Crippen molar-refractivity contribution in [2.24, 2.45) is 0 Å². The van der Waals surface area contributed by atoms with Gasteiger partial charge in [0.05, 0.1) is 35.7 Å². The van der Waals surface area contributed by atoms with Crippen LogP contribution in [0, 0.1) is 0 Å². The Hall–Kier alpha value is -2.59. The smallest absolute Gasteiger partial charge is 0.0743 e. The molecule has 1 heterocycles. The van der Waals surface area contributed by atoms with Crippen LogP contribution in [-0.4, -0.2) is 24.2 Å². The van der Waals surface area contributed by atoms with Crippen molar-refractivity contribution in [3.05, 3.63) is 66.4 Å². The lowest BCUT2D eigenvalue weighted by Crippen LogP contribution is -2.28. The number of rotatable bonds is 7. The molecule has 4 nitrogen and oxygen atoms in total. The van der Waals surface area contributed by atoms with Gasteiger partial charge in [-0.3, -0.25) is 4.98 Å². The van der Waals surface area contributed by atoms with Crippen LogP contribution < -0.4 is 11.1 Å². The molecule has 0 amide bonds. The van der Waals surface area contributed by atoms with Gasteiger partial charge in [-0.25, -0.2) is 0 Å². The van der Waals surface area contributed by atoms with E-state index in [4.69, 9.17) is 10.5 Å². The van der Waals surface area contributed by atoms with Gasteiger partial charge in [0.2, 0.25) is 0 Å². The van der Waals surface area contributed by atoms with E-state index in [-0.39, 0.29) is 6.04 Å². The fraction of sp³-hybridized carbons (Fsp3) is 0.250. The molecule has 1 aromatic heterocycles. The molecule has 0 radical (unpaired) electrons. The van der Waals surface area contributed by atoms with E-state index < -0.39 is 0 Å². The molecule has 0 fully saturated rings. The summed E-state index contributed by atoms with van der Waals surface area (Å²) >= 11 is 0. The predicted molar refractivity (Wildman–Crippen MR) is 100 cm³/mol. The minimum Gasteiger partial charge on any atom is -0.396 e. The van der Waals surface area contributed by atoms with E-state index in [0.717, 1.165) is 23.0 Å². The van der Waals surface area contributed by atoms with Gasteiger partial charge in [-0.1, -0.05) is 48.5 Å². The second-order valence-corrected chi connectivity index (χ2v) is 5.80. The Morgan fingerprint density at radius 2 is 1.83 bits per heavy atom. The van der Waals surface area contributed by atoms with Crippen molar-refractivity contribution in [1.82, 2.24) is 4.98 Å². The molecule has 0 spiro atoms. The summed E-state index contributed by atoms with van der Waals surface area (Å²) in [5.41, 5.74) is 9.98. The number of hydrogen-bond donors (Lipinski definition) is 2. The first-order valence-electron chi connectivity index (χ1n) is 8.29. The summed E-state index contributed by atoms with van der Waals surface area (Å²) in [6, 6.07) is 18.6. The summed E-state index contributed by atoms with van der Waals surface area (Å²) in [4.78, 5) is 4.40. The molecule has 124 valence electrons. The first-order chi connectivity index (χ1) is 11.8. The SMILES string of the molecule is CCOCC(Cc1ccccc1)Nc1c(N)cnc2ccccc12. The number of para-hydroxylation sites is 1. The lowest BCUT2D eigenvalue weighted by Gasteiger charge is -2.22. The molecule has 3 aromatic rings. The number of nitrogens with zero attached hydrogens (tertiary/aromatic N) is 1. The minimum absolute atomic E-state index is 0.139. The first kappa shape index (κ1) is 16.3. The van der Waals surface area contributed by atoms with Gasteiger partial charge in [-0.2, -0.15) is 0 Å². The number of anilines is 2. The number of fused-ring (bicyclic) bond motifs is 1. The lowest BCUT2D eigenvalue weighted by molar-refractivity contribution is 0.137. The van der Waals surface area contributed by atoms with E-state index in [1.165, 1.54) is 5.56 Å². The number of nitrogens with one attached hydrogen (secondary N) is 1. The fourth-order valence-corrected chi connectivity index (χ4v) is 2.83. The van der Waals surface area contributed by atoms with Crippen molar-refractivity contribution in [2.75, 3.05) is 24.3 Å². The van der Waals surface area contributed by atoms with Crippen molar-refractivity contribution >= 4 is 22.3 Å². The van der Waals surface area contributed by atoms with Gasteiger partial charge in [-0.15, -0.1) is 0 Å². The summed E-state index contributed by atoms with van der Waals surface area (Å²) in [5, 5.41) is 4.62. The van der Waals surface area contributed by atoms with Crippen molar-refractivity contribution in [3.63, 3.8) is 0 Å². The molecule has 0 bridgehead atoms. The van der Waals surface area contributed by atoms with E-state index in [1.807, 2.05) is 37.3 Å². The van der Waals surface area contributed by atoms with Crippen LogP contribution in [0.5, 0.6) is 0 Å². The molecule has 24 heavy (non-hydrogen) atoms. The zero-order valence-corrected chi connectivity index (χ0v) is 13.9. The maximum atomic E-state index is 6.19. The highest BCUT2D eigenvalue weighted by Crippen LogP contribution is 2.28. The Bertz CT molecular complexity index is 789. The van der Waals surface area contributed by atoms with Gasteiger partial charge in [-0.05, 0) is 25.0 Å². The largest absolute Gasteiger partial charge is 0.396 e. The normalized spacial score (nSPS) is 12.2. The second kappa shape index (κ2) is 7.79. The molecule has 4 heteroatoms. The fourth-order valence-electron chi connectivity index (χ4n) is 2.83. The third kappa shape index (κ3) is 3.84. The number of benzene rings is 2. The molecule has 0 aliphatic rings. The topological polar surface area (TPSA) is 60.2 Å². The van der Waals surface area contributed by atoms with Gasteiger partial charge < -0.3 is 15.8 Å². The molecule has 3 N–H and O–H groups in total. The highest BCUT2D eigenvalue weighted by atomic mass is 16.5. The highest BCUT2D eigenvalue weighted by molar-refractivity contribution is 5.96. The molecule has 0 aliphatic carbocycles. The van der Waals surface area contributed by atoms with E-state index in [9.17, 15) is 0 Å². The van der Waals surface area contributed by atoms with Crippen molar-refractivity contribution < 1.29 is 4.74 Å². The summed E-state index contributed by atoms with van der Waals surface area (Å²) in [6.07, 6.45) is 2.59. The van der Waals surface area contributed by atoms with E-state index in [0.29, 0.717) is 18.9 Å². The number of nitrogen functional groups attached to an aromatic ring is 1. The summed E-state index contributed by atoms with van der Waals surface area (Å²) in [7, 11) is 0. The quantitative estimate of drug-likeness (QED) is 0.693. The maximum Gasteiger partial charge on any atom is 0.0743 e. The number of pyridine rings is 1. The number of hydrogen-bond acceptors (Lipinski definition) is 4. The third-order valence-electron chi connectivity index (χ3n) is 4.00. The Morgan fingerprint density at radius 3 is 2.62 bits per heavy atom. The third-order valence-corrected chi connectivity index (χ3v) is 4.00. The van der Waals surface area contributed by atoms with Crippen LogP contribution in [0.1, 0.15) is 12.5 Å². The average molecular weight is 321 g/mol. The molecular formula is C20H23N3O. The molecule has 0 aliphatic heterocycles. The summed E-state index contributed by atoms with van der Waals surface area (Å²) < 4.78 is 5.67. The van der Waals surface area contributed by atoms with Gasteiger partial charge >= 0.3 is 0 Å². The molecule has 3 rings (SSSR count). The number of ether oxygens (including phenoxy) is 1. The molecule has 1 unspecified atom stereocenters. The first-order valence-corrected chi connectivity index (χ1v) is 8.29. The van der Waals surface area contributed by atoms with Crippen LogP contribution in [0.15, 0.2) is 60.8 Å². The van der Waals surface area contributed by atoms with Gasteiger partial charge in [0, 0.05) is 12.0 Å².